The summed E-state index contributed by atoms with van der Waals surface area (Å²) in [4.78, 5) is 16.1. The SMILES string of the molecule is Cn1cc(CNC(=O)CCc2ccncc2)c(-c2ccccc2)n1. The first kappa shape index (κ1) is 15.9. The van der Waals surface area contributed by atoms with Gasteiger partial charge in [0.05, 0.1) is 5.69 Å². The second kappa shape index (κ2) is 7.55. The predicted octanol–water partition coefficient (Wildman–Crippen LogP) is 2.73. The minimum Gasteiger partial charge on any atom is -0.352 e. The lowest BCUT2D eigenvalue weighted by molar-refractivity contribution is -0.121. The van der Waals surface area contributed by atoms with Gasteiger partial charge in [0.2, 0.25) is 5.91 Å². The largest absolute Gasteiger partial charge is 0.352 e. The van der Waals surface area contributed by atoms with E-state index in [0.29, 0.717) is 19.4 Å². The highest BCUT2D eigenvalue weighted by Crippen LogP contribution is 2.21. The minimum atomic E-state index is 0.0367. The zero-order valence-corrected chi connectivity index (χ0v) is 13.6. The standard InChI is InChI=1S/C19H20N4O/c1-23-14-17(19(22-23)16-5-3-2-4-6-16)13-21-18(24)8-7-15-9-11-20-12-10-15/h2-6,9-12,14H,7-8,13H2,1H3,(H,21,24). The molecular formula is C19H20N4O. The zero-order valence-electron chi connectivity index (χ0n) is 13.6. The van der Waals surface area contributed by atoms with Crippen LogP contribution < -0.4 is 5.32 Å². The van der Waals surface area contributed by atoms with Crippen molar-refractivity contribution in [2.45, 2.75) is 19.4 Å². The molecule has 0 aliphatic rings. The molecule has 0 atom stereocenters. The molecule has 122 valence electrons. The first-order valence-corrected chi connectivity index (χ1v) is 7.96. The zero-order chi connectivity index (χ0) is 16.8. The van der Waals surface area contributed by atoms with E-state index in [1.165, 1.54) is 0 Å². The lowest BCUT2D eigenvalue weighted by Crippen LogP contribution is -2.23. The van der Waals surface area contributed by atoms with Gasteiger partial charge in [0.25, 0.3) is 0 Å². The van der Waals surface area contributed by atoms with Crippen molar-refractivity contribution in [3.05, 3.63) is 72.2 Å². The van der Waals surface area contributed by atoms with Crippen LogP contribution in [0.1, 0.15) is 17.5 Å². The van der Waals surface area contributed by atoms with Crippen molar-refractivity contribution in [1.82, 2.24) is 20.1 Å². The number of hydrogen-bond donors (Lipinski definition) is 1. The molecule has 1 N–H and O–H groups in total. The summed E-state index contributed by atoms with van der Waals surface area (Å²) in [6.07, 6.45) is 6.62. The van der Waals surface area contributed by atoms with Crippen molar-refractivity contribution < 1.29 is 4.79 Å². The molecule has 0 radical (unpaired) electrons. The average molecular weight is 320 g/mol. The Hall–Kier alpha value is -2.95. The van der Waals surface area contributed by atoms with Crippen LogP contribution in [0.15, 0.2) is 61.1 Å². The Bertz CT molecular complexity index is 797. The molecule has 1 amide bonds. The lowest BCUT2D eigenvalue weighted by Gasteiger charge is -2.06. The van der Waals surface area contributed by atoms with E-state index in [-0.39, 0.29) is 5.91 Å². The Balaban J connectivity index is 1.60. The van der Waals surface area contributed by atoms with E-state index in [9.17, 15) is 4.79 Å². The minimum absolute atomic E-state index is 0.0367. The Labute approximate surface area is 141 Å². The maximum Gasteiger partial charge on any atom is 0.220 e. The summed E-state index contributed by atoms with van der Waals surface area (Å²) >= 11 is 0. The highest BCUT2D eigenvalue weighted by Gasteiger charge is 2.11. The number of rotatable bonds is 6. The summed E-state index contributed by atoms with van der Waals surface area (Å²) in [5, 5.41) is 7.50. The number of aromatic nitrogens is 3. The molecule has 0 unspecified atom stereocenters. The van der Waals surface area contributed by atoms with Gasteiger partial charge in [-0.1, -0.05) is 30.3 Å². The molecular weight excluding hydrogens is 300 g/mol. The van der Waals surface area contributed by atoms with Crippen molar-refractivity contribution in [3.63, 3.8) is 0 Å². The Kier molecular flexibility index (Phi) is 5.01. The van der Waals surface area contributed by atoms with Gasteiger partial charge in [-0.25, -0.2) is 0 Å². The normalized spacial score (nSPS) is 10.5. The number of amides is 1. The second-order valence-corrected chi connectivity index (χ2v) is 5.67. The van der Waals surface area contributed by atoms with Gasteiger partial charge < -0.3 is 5.32 Å². The molecule has 5 nitrogen and oxygen atoms in total. The van der Waals surface area contributed by atoms with Crippen LogP contribution in [0.4, 0.5) is 0 Å². The summed E-state index contributed by atoms with van der Waals surface area (Å²) in [5.41, 5.74) is 4.10. The van der Waals surface area contributed by atoms with Gasteiger partial charge >= 0.3 is 0 Å². The fourth-order valence-corrected chi connectivity index (χ4v) is 2.60. The van der Waals surface area contributed by atoms with E-state index in [1.807, 2.05) is 55.7 Å². The van der Waals surface area contributed by atoms with Gasteiger partial charge in [-0.3, -0.25) is 14.5 Å². The van der Waals surface area contributed by atoms with E-state index in [2.05, 4.69) is 15.4 Å². The van der Waals surface area contributed by atoms with Crippen molar-refractivity contribution in [1.29, 1.82) is 0 Å². The van der Waals surface area contributed by atoms with Gasteiger partial charge in [0, 0.05) is 49.7 Å². The number of hydrogen-bond acceptors (Lipinski definition) is 3. The topological polar surface area (TPSA) is 59.8 Å². The fraction of sp³-hybridized carbons (Fsp3) is 0.211. The maximum atomic E-state index is 12.1. The highest BCUT2D eigenvalue weighted by molar-refractivity contribution is 5.76. The molecule has 0 aliphatic carbocycles. The predicted molar refractivity (Wildman–Crippen MR) is 93.0 cm³/mol. The quantitative estimate of drug-likeness (QED) is 0.760. The molecule has 0 saturated carbocycles. The monoisotopic (exact) mass is 320 g/mol. The molecule has 3 rings (SSSR count). The summed E-state index contributed by atoms with van der Waals surface area (Å²) in [6.45, 7) is 0.479. The second-order valence-electron chi connectivity index (χ2n) is 5.67. The van der Waals surface area contributed by atoms with Crippen molar-refractivity contribution in [3.8, 4) is 11.3 Å². The maximum absolute atomic E-state index is 12.1. The van der Waals surface area contributed by atoms with Gasteiger partial charge in [-0.05, 0) is 24.1 Å². The molecule has 5 heteroatoms. The molecule has 0 saturated heterocycles. The van der Waals surface area contributed by atoms with Crippen LogP contribution in [0, 0.1) is 0 Å². The van der Waals surface area contributed by atoms with Crippen LogP contribution in [0.25, 0.3) is 11.3 Å². The highest BCUT2D eigenvalue weighted by atomic mass is 16.1. The van der Waals surface area contributed by atoms with Crippen molar-refractivity contribution in [2.75, 3.05) is 0 Å². The molecule has 0 aliphatic heterocycles. The Morgan fingerprint density at radius 2 is 1.88 bits per heavy atom. The third kappa shape index (κ3) is 4.07. The van der Waals surface area contributed by atoms with E-state index in [1.54, 1.807) is 17.1 Å². The van der Waals surface area contributed by atoms with Crippen LogP contribution in [0.5, 0.6) is 0 Å². The van der Waals surface area contributed by atoms with Crippen LogP contribution in [-0.4, -0.2) is 20.7 Å². The molecule has 2 aromatic heterocycles. The number of nitrogens with one attached hydrogen (secondary N) is 1. The van der Waals surface area contributed by atoms with E-state index >= 15 is 0 Å². The van der Waals surface area contributed by atoms with Gasteiger partial charge in [-0.15, -0.1) is 0 Å². The number of benzene rings is 1. The molecule has 3 aromatic rings. The Morgan fingerprint density at radius 3 is 2.62 bits per heavy atom. The first-order chi connectivity index (χ1) is 11.7. The summed E-state index contributed by atoms with van der Waals surface area (Å²) in [5.74, 6) is 0.0367. The number of pyridine rings is 1. The lowest BCUT2D eigenvalue weighted by atomic mass is 10.1. The van der Waals surface area contributed by atoms with Crippen LogP contribution >= 0.6 is 0 Å². The fourth-order valence-electron chi connectivity index (χ4n) is 2.60. The number of carbonyl (C=O) groups is 1. The van der Waals surface area contributed by atoms with E-state index < -0.39 is 0 Å². The molecule has 1 aromatic carbocycles. The summed E-state index contributed by atoms with van der Waals surface area (Å²) in [6, 6.07) is 13.9. The number of aryl methyl sites for hydroxylation is 2. The molecule has 0 spiro atoms. The smallest absolute Gasteiger partial charge is 0.220 e. The van der Waals surface area contributed by atoms with Crippen LogP contribution in [-0.2, 0) is 24.8 Å². The van der Waals surface area contributed by atoms with Gasteiger partial charge in [0.1, 0.15) is 0 Å². The van der Waals surface area contributed by atoms with Gasteiger partial charge in [0.15, 0.2) is 0 Å². The molecule has 0 bridgehead atoms. The molecule has 2 heterocycles. The number of carbonyl (C=O) groups excluding carboxylic acids is 1. The summed E-state index contributed by atoms with van der Waals surface area (Å²) in [7, 11) is 1.89. The third-order valence-electron chi connectivity index (χ3n) is 3.82. The summed E-state index contributed by atoms with van der Waals surface area (Å²) < 4.78 is 1.78. The van der Waals surface area contributed by atoms with E-state index in [0.717, 1.165) is 22.4 Å². The third-order valence-corrected chi connectivity index (χ3v) is 3.82. The first-order valence-electron chi connectivity index (χ1n) is 7.96. The molecule has 0 fully saturated rings. The van der Waals surface area contributed by atoms with Crippen LogP contribution in [0.3, 0.4) is 0 Å². The van der Waals surface area contributed by atoms with E-state index in [4.69, 9.17) is 0 Å². The van der Waals surface area contributed by atoms with Crippen LogP contribution in [0.2, 0.25) is 0 Å². The number of nitrogens with zero attached hydrogens (tertiary/aromatic N) is 3. The van der Waals surface area contributed by atoms with Gasteiger partial charge in [-0.2, -0.15) is 5.10 Å². The van der Waals surface area contributed by atoms with Crippen molar-refractivity contribution >= 4 is 5.91 Å². The van der Waals surface area contributed by atoms with Crippen molar-refractivity contribution in [2.24, 2.45) is 7.05 Å². The Morgan fingerprint density at radius 1 is 1.12 bits per heavy atom. The average Bonchev–Trinajstić information content (AvgIpc) is 3.00. The molecule has 24 heavy (non-hydrogen) atoms.